The van der Waals surface area contributed by atoms with E-state index in [1.807, 2.05) is 0 Å². The molecule has 0 heterocycles. The molecule has 2 aromatic carbocycles. The van der Waals surface area contributed by atoms with Crippen LogP contribution < -0.4 is 4.18 Å². The first-order chi connectivity index (χ1) is 14.4. The fraction of sp³-hybridized carbons (Fsp3) is 0.227. The number of rotatable bonds is 8. The van der Waals surface area contributed by atoms with E-state index in [0.717, 1.165) is 5.56 Å². The Morgan fingerprint density at radius 1 is 1.06 bits per heavy atom. The van der Waals surface area contributed by atoms with Crippen LogP contribution in [0.1, 0.15) is 35.3 Å². The van der Waals surface area contributed by atoms with Crippen molar-refractivity contribution in [2.75, 3.05) is 6.61 Å². The van der Waals surface area contributed by atoms with Crippen molar-refractivity contribution in [2.45, 2.75) is 32.6 Å². The van der Waals surface area contributed by atoms with Gasteiger partial charge in [0.1, 0.15) is 22.8 Å². The molecular weight excluding hydrogens is 422 g/mol. The number of carbonyl (C=O) groups excluding carboxylic acids is 2. The summed E-state index contributed by atoms with van der Waals surface area (Å²) in [4.78, 5) is 24.0. The number of allylic oxidation sites excluding steroid dienone is 1. The van der Waals surface area contributed by atoms with E-state index in [-0.39, 0.29) is 27.5 Å². The van der Waals surface area contributed by atoms with Crippen LogP contribution in [0.25, 0.3) is 0 Å². The molecule has 0 atom stereocenters. The van der Waals surface area contributed by atoms with Crippen LogP contribution >= 0.6 is 0 Å². The summed E-state index contributed by atoms with van der Waals surface area (Å²) >= 11 is 0. The summed E-state index contributed by atoms with van der Waals surface area (Å²) in [5.74, 6) is -2.34. The summed E-state index contributed by atoms with van der Waals surface area (Å²) in [6.07, 6.45) is 0. The molecule has 8 nitrogen and oxygen atoms in total. The number of hydrogen-bond acceptors (Lipinski definition) is 8. The van der Waals surface area contributed by atoms with Gasteiger partial charge in [-0.3, -0.25) is 4.79 Å². The first kappa shape index (κ1) is 23.8. The molecule has 0 aliphatic heterocycles. The van der Waals surface area contributed by atoms with Crippen LogP contribution in [0.3, 0.4) is 0 Å². The number of aliphatic hydroxyl groups is 1. The lowest BCUT2D eigenvalue weighted by Crippen LogP contribution is -2.17. The van der Waals surface area contributed by atoms with E-state index in [0.29, 0.717) is 5.56 Å². The minimum absolute atomic E-state index is 0.0243. The summed E-state index contributed by atoms with van der Waals surface area (Å²) < 4.78 is 35.8. The molecule has 0 aliphatic carbocycles. The molecule has 0 aliphatic rings. The first-order valence-electron chi connectivity index (χ1n) is 9.20. The Balaban J connectivity index is 2.31. The van der Waals surface area contributed by atoms with Gasteiger partial charge < -0.3 is 19.4 Å². The monoisotopic (exact) mass is 445 g/mol. The Morgan fingerprint density at radius 2 is 1.71 bits per heavy atom. The van der Waals surface area contributed by atoms with E-state index in [2.05, 4.69) is 0 Å². The average molecular weight is 445 g/mol. The Kier molecular flexibility index (Phi) is 7.35. The van der Waals surface area contributed by atoms with Gasteiger partial charge in [-0.25, -0.2) is 4.79 Å². The van der Waals surface area contributed by atoms with E-state index < -0.39 is 34.2 Å². The van der Waals surface area contributed by atoms with Crippen LogP contribution in [-0.4, -0.2) is 37.6 Å². The van der Waals surface area contributed by atoms with Crippen LogP contribution in [0.2, 0.25) is 0 Å². The lowest BCUT2D eigenvalue weighted by molar-refractivity contribution is -0.113. The summed E-state index contributed by atoms with van der Waals surface area (Å²) in [6.45, 7) is 5.20. The quantitative estimate of drug-likeness (QED) is 0.208. The van der Waals surface area contributed by atoms with Gasteiger partial charge >= 0.3 is 16.1 Å². The van der Waals surface area contributed by atoms with Gasteiger partial charge in [0, 0.05) is 5.71 Å². The summed E-state index contributed by atoms with van der Waals surface area (Å²) in [6, 6.07) is 10.5. The van der Waals surface area contributed by atoms with Crippen molar-refractivity contribution < 1.29 is 32.0 Å². The highest BCUT2D eigenvalue weighted by atomic mass is 32.2. The smallest absolute Gasteiger partial charge is 0.342 e. The van der Waals surface area contributed by atoms with Gasteiger partial charge in [-0.05, 0) is 57.0 Å². The normalized spacial score (nSPS) is 12.0. The number of para-hydroxylation sites is 1. The third kappa shape index (κ3) is 5.79. The van der Waals surface area contributed by atoms with Gasteiger partial charge in [0.05, 0.1) is 5.57 Å². The molecule has 0 bridgehead atoms. The molecule has 2 rings (SSSR count). The number of aryl methyl sites for hydroxylation is 2. The van der Waals surface area contributed by atoms with Crippen molar-refractivity contribution in [1.29, 1.82) is 5.41 Å². The molecule has 2 N–H and O–H groups in total. The lowest BCUT2D eigenvalue weighted by atomic mass is 10.1. The molecule has 31 heavy (non-hydrogen) atoms. The van der Waals surface area contributed by atoms with Crippen molar-refractivity contribution in [3.05, 3.63) is 70.5 Å². The fourth-order valence-corrected chi connectivity index (χ4v) is 4.08. The van der Waals surface area contributed by atoms with Gasteiger partial charge in [-0.2, -0.15) is 8.42 Å². The number of hydrogen-bond donors (Lipinski definition) is 2. The second-order valence-corrected chi connectivity index (χ2v) is 8.40. The van der Waals surface area contributed by atoms with Crippen molar-refractivity contribution in [3.63, 3.8) is 0 Å². The predicted molar refractivity (Wildman–Crippen MR) is 114 cm³/mol. The van der Waals surface area contributed by atoms with Crippen LogP contribution in [0.5, 0.6) is 5.75 Å². The Hall–Kier alpha value is -3.46. The van der Waals surface area contributed by atoms with Crippen LogP contribution in [0, 0.1) is 19.3 Å². The summed E-state index contributed by atoms with van der Waals surface area (Å²) in [7, 11) is -4.23. The third-order valence-electron chi connectivity index (χ3n) is 4.28. The van der Waals surface area contributed by atoms with Crippen LogP contribution in [0.4, 0.5) is 0 Å². The van der Waals surface area contributed by atoms with E-state index >= 15 is 0 Å². The van der Waals surface area contributed by atoms with Gasteiger partial charge in [0.25, 0.3) is 0 Å². The summed E-state index contributed by atoms with van der Waals surface area (Å²) in [5, 5.41) is 17.6. The SMILES string of the molecule is CC(=N)/C(C(C)=O)=C(/O)COC(=O)c1ccccc1OS(=O)(=O)c1cc(C)ccc1C. The van der Waals surface area contributed by atoms with Crippen molar-refractivity contribution >= 4 is 27.6 Å². The molecule has 0 saturated carbocycles. The highest BCUT2D eigenvalue weighted by Crippen LogP contribution is 2.26. The number of esters is 1. The second kappa shape index (κ2) is 9.57. The fourth-order valence-electron chi connectivity index (χ4n) is 2.82. The molecule has 0 aromatic heterocycles. The molecule has 0 spiro atoms. The standard InChI is InChI=1S/C22H23NO7S/c1-13-9-10-14(2)20(11-13)31(27,28)30-19-8-6-5-7-17(19)22(26)29-12-18(25)21(15(3)23)16(4)24/h5-11,23,25H,12H2,1-4H3/b21-18-,23-15?. The molecule has 2 aromatic rings. The number of benzene rings is 2. The highest BCUT2D eigenvalue weighted by molar-refractivity contribution is 7.87. The molecule has 164 valence electrons. The average Bonchev–Trinajstić information content (AvgIpc) is 2.67. The number of Topliss-reactive ketones (excluding diaryl/α,β-unsaturated/α-hetero) is 1. The van der Waals surface area contributed by atoms with Crippen molar-refractivity contribution in [1.82, 2.24) is 0 Å². The number of ether oxygens (including phenoxy) is 1. The number of carbonyl (C=O) groups is 2. The zero-order valence-corrected chi connectivity index (χ0v) is 18.4. The zero-order valence-electron chi connectivity index (χ0n) is 17.6. The van der Waals surface area contributed by atoms with Crippen LogP contribution in [-0.2, 0) is 19.6 Å². The van der Waals surface area contributed by atoms with E-state index in [1.165, 1.54) is 44.2 Å². The minimum atomic E-state index is -4.23. The van der Waals surface area contributed by atoms with Gasteiger partial charge in [0.15, 0.2) is 11.5 Å². The summed E-state index contributed by atoms with van der Waals surface area (Å²) in [5.41, 5.74) is 0.601. The Bertz CT molecular complexity index is 1160. The second-order valence-electron chi connectivity index (χ2n) is 6.88. The predicted octanol–water partition coefficient (Wildman–Crippen LogP) is 3.67. The van der Waals surface area contributed by atoms with Crippen molar-refractivity contribution in [2.24, 2.45) is 0 Å². The van der Waals surface area contributed by atoms with Gasteiger partial charge in [-0.15, -0.1) is 0 Å². The maximum absolute atomic E-state index is 12.8. The topological polar surface area (TPSA) is 131 Å². The largest absolute Gasteiger partial charge is 0.508 e. The van der Waals surface area contributed by atoms with E-state index in [9.17, 15) is 23.1 Å². The third-order valence-corrected chi connectivity index (χ3v) is 5.65. The lowest BCUT2D eigenvalue weighted by Gasteiger charge is -2.13. The molecular formula is C22H23NO7S. The molecule has 0 amide bonds. The minimum Gasteiger partial charge on any atom is -0.508 e. The highest BCUT2D eigenvalue weighted by Gasteiger charge is 2.24. The molecule has 0 radical (unpaired) electrons. The van der Waals surface area contributed by atoms with Gasteiger partial charge in [-0.1, -0.05) is 24.3 Å². The van der Waals surface area contributed by atoms with E-state index in [4.69, 9.17) is 14.3 Å². The Morgan fingerprint density at radius 3 is 2.32 bits per heavy atom. The maximum Gasteiger partial charge on any atom is 0.342 e. The number of aliphatic hydroxyl groups excluding tert-OH is 1. The Labute approximate surface area is 180 Å². The van der Waals surface area contributed by atoms with Crippen LogP contribution in [0.15, 0.2) is 58.7 Å². The molecule has 0 unspecified atom stereocenters. The maximum atomic E-state index is 12.8. The molecule has 0 fully saturated rings. The van der Waals surface area contributed by atoms with E-state index in [1.54, 1.807) is 26.0 Å². The van der Waals surface area contributed by atoms with Crippen molar-refractivity contribution in [3.8, 4) is 5.75 Å². The van der Waals surface area contributed by atoms with Gasteiger partial charge in [0.2, 0.25) is 0 Å². The molecule has 0 saturated heterocycles. The zero-order chi connectivity index (χ0) is 23.3. The first-order valence-corrected chi connectivity index (χ1v) is 10.6. The number of ketones is 1. The molecule has 9 heteroatoms. The number of nitrogens with one attached hydrogen (secondary N) is 1.